The standard InChI is InChI=1S/C13H9N3O4/c17-12(18)5-4-9-7-14-13(15-8-9)10-2-1-3-11(6-10)16(19)20/h1-8H,(H,17,18). The van der Waals surface area contributed by atoms with Gasteiger partial charge in [0.05, 0.1) is 4.92 Å². The summed E-state index contributed by atoms with van der Waals surface area (Å²) in [6.45, 7) is 0. The van der Waals surface area contributed by atoms with Gasteiger partial charge in [0.15, 0.2) is 5.82 Å². The van der Waals surface area contributed by atoms with E-state index >= 15 is 0 Å². The van der Waals surface area contributed by atoms with E-state index in [0.29, 0.717) is 17.0 Å². The minimum absolute atomic E-state index is 0.0408. The van der Waals surface area contributed by atoms with Crippen molar-refractivity contribution < 1.29 is 14.8 Å². The number of carboxylic acids is 1. The van der Waals surface area contributed by atoms with Crippen molar-refractivity contribution in [3.8, 4) is 11.4 Å². The monoisotopic (exact) mass is 271 g/mol. The number of nitro groups is 1. The molecule has 0 aliphatic rings. The quantitative estimate of drug-likeness (QED) is 0.518. The summed E-state index contributed by atoms with van der Waals surface area (Å²) in [4.78, 5) is 28.7. The first kappa shape index (κ1) is 13.3. The Labute approximate surface area is 113 Å². The van der Waals surface area contributed by atoms with Crippen LogP contribution < -0.4 is 0 Å². The Kier molecular flexibility index (Phi) is 3.80. The molecule has 0 aliphatic heterocycles. The molecule has 20 heavy (non-hydrogen) atoms. The van der Waals surface area contributed by atoms with E-state index in [9.17, 15) is 14.9 Å². The average molecular weight is 271 g/mol. The fourth-order valence-corrected chi connectivity index (χ4v) is 1.50. The molecule has 2 rings (SSSR count). The number of aliphatic carboxylic acids is 1. The molecule has 0 amide bonds. The van der Waals surface area contributed by atoms with E-state index in [1.165, 1.54) is 30.6 Å². The van der Waals surface area contributed by atoms with Gasteiger partial charge in [-0.2, -0.15) is 0 Å². The normalized spacial score (nSPS) is 10.6. The van der Waals surface area contributed by atoms with Gasteiger partial charge in [0, 0.05) is 41.7 Å². The third-order valence-electron chi connectivity index (χ3n) is 2.41. The Bertz CT molecular complexity index is 680. The third-order valence-corrected chi connectivity index (χ3v) is 2.41. The number of aromatic nitrogens is 2. The van der Waals surface area contributed by atoms with Gasteiger partial charge in [-0.1, -0.05) is 12.1 Å². The van der Waals surface area contributed by atoms with Gasteiger partial charge in [0.2, 0.25) is 0 Å². The number of hydrogen-bond acceptors (Lipinski definition) is 5. The number of carboxylic acid groups (broad SMARTS) is 1. The predicted octanol–water partition coefficient (Wildman–Crippen LogP) is 2.15. The van der Waals surface area contributed by atoms with Crippen molar-refractivity contribution in [3.63, 3.8) is 0 Å². The van der Waals surface area contributed by atoms with Crippen LogP contribution in [0.15, 0.2) is 42.7 Å². The highest BCUT2D eigenvalue weighted by Crippen LogP contribution is 2.20. The van der Waals surface area contributed by atoms with Gasteiger partial charge >= 0.3 is 5.97 Å². The van der Waals surface area contributed by atoms with Crippen molar-refractivity contribution >= 4 is 17.7 Å². The highest BCUT2D eigenvalue weighted by Gasteiger charge is 2.08. The van der Waals surface area contributed by atoms with Crippen LogP contribution in [0.2, 0.25) is 0 Å². The molecule has 7 nitrogen and oxygen atoms in total. The summed E-state index contributed by atoms with van der Waals surface area (Å²) in [7, 11) is 0. The van der Waals surface area contributed by atoms with Crippen molar-refractivity contribution in [2.45, 2.75) is 0 Å². The van der Waals surface area contributed by atoms with E-state index in [1.807, 2.05) is 0 Å². The molecule has 0 saturated carbocycles. The second kappa shape index (κ2) is 5.70. The van der Waals surface area contributed by atoms with Gasteiger partial charge < -0.3 is 5.11 Å². The van der Waals surface area contributed by atoms with Gasteiger partial charge in [-0.3, -0.25) is 10.1 Å². The Balaban J connectivity index is 2.28. The lowest BCUT2D eigenvalue weighted by molar-refractivity contribution is -0.384. The number of carbonyl (C=O) groups is 1. The maximum atomic E-state index is 10.7. The lowest BCUT2D eigenvalue weighted by Gasteiger charge is -2.00. The Hall–Kier alpha value is -3.09. The molecular formula is C13H9N3O4. The van der Waals surface area contributed by atoms with Crippen molar-refractivity contribution in [1.82, 2.24) is 9.97 Å². The van der Waals surface area contributed by atoms with Crippen LogP contribution in [-0.4, -0.2) is 26.0 Å². The van der Waals surface area contributed by atoms with Crippen LogP contribution in [0, 0.1) is 10.1 Å². The number of nitro benzene ring substituents is 1. The Morgan fingerprint density at radius 2 is 2.00 bits per heavy atom. The third kappa shape index (κ3) is 3.22. The summed E-state index contributed by atoms with van der Waals surface area (Å²) < 4.78 is 0. The zero-order valence-electron chi connectivity index (χ0n) is 10.1. The first-order valence-corrected chi connectivity index (χ1v) is 5.54. The van der Waals surface area contributed by atoms with E-state index in [-0.39, 0.29) is 5.69 Å². The van der Waals surface area contributed by atoms with Crippen LogP contribution in [0.25, 0.3) is 17.5 Å². The maximum absolute atomic E-state index is 10.7. The second-order valence-corrected chi connectivity index (χ2v) is 3.82. The molecule has 100 valence electrons. The molecule has 0 unspecified atom stereocenters. The molecule has 0 aliphatic carbocycles. The van der Waals surface area contributed by atoms with Crippen LogP contribution in [0.4, 0.5) is 5.69 Å². The molecule has 0 bridgehead atoms. The van der Waals surface area contributed by atoms with E-state index in [4.69, 9.17) is 5.11 Å². The van der Waals surface area contributed by atoms with Crippen molar-refractivity contribution in [2.24, 2.45) is 0 Å². The summed E-state index contributed by atoms with van der Waals surface area (Å²) in [6.07, 6.45) is 5.23. The minimum atomic E-state index is -1.06. The van der Waals surface area contributed by atoms with E-state index < -0.39 is 10.9 Å². The van der Waals surface area contributed by atoms with Gasteiger partial charge in [-0.05, 0) is 6.08 Å². The molecule has 0 fully saturated rings. The SMILES string of the molecule is O=C(O)C=Cc1cnc(-c2cccc([N+](=O)[O-])c2)nc1. The van der Waals surface area contributed by atoms with Crippen LogP contribution in [0.1, 0.15) is 5.56 Å². The highest BCUT2D eigenvalue weighted by molar-refractivity contribution is 5.85. The molecule has 1 aromatic carbocycles. The summed E-state index contributed by atoms with van der Waals surface area (Å²) in [5.41, 5.74) is 1.01. The largest absolute Gasteiger partial charge is 0.478 e. The van der Waals surface area contributed by atoms with Crippen LogP contribution in [0.3, 0.4) is 0 Å². The van der Waals surface area contributed by atoms with Gasteiger partial charge in [0.25, 0.3) is 5.69 Å². The number of nitrogens with zero attached hydrogens (tertiary/aromatic N) is 3. The van der Waals surface area contributed by atoms with Crippen molar-refractivity contribution in [1.29, 1.82) is 0 Å². The smallest absolute Gasteiger partial charge is 0.328 e. The molecule has 1 heterocycles. The topological polar surface area (TPSA) is 106 Å². The molecule has 2 aromatic rings. The highest BCUT2D eigenvalue weighted by atomic mass is 16.6. The summed E-state index contributed by atoms with van der Waals surface area (Å²) >= 11 is 0. The molecule has 1 N–H and O–H groups in total. The van der Waals surface area contributed by atoms with Crippen molar-refractivity contribution in [3.05, 3.63) is 58.4 Å². The van der Waals surface area contributed by atoms with E-state index in [0.717, 1.165) is 6.08 Å². The molecule has 0 spiro atoms. The Morgan fingerprint density at radius 3 is 2.60 bits per heavy atom. The lowest BCUT2D eigenvalue weighted by Crippen LogP contribution is -1.92. The molecule has 1 aromatic heterocycles. The maximum Gasteiger partial charge on any atom is 0.328 e. The van der Waals surface area contributed by atoms with Crippen molar-refractivity contribution in [2.75, 3.05) is 0 Å². The average Bonchev–Trinajstić information content (AvgIpc) is 2.46. The zero-order valence-corrected chi connectivity index (χ0v) is 10.1. The van der Waals surface area contributed by atoms with E-state index in [2.05, 4.69) is 9.97 Å². The summed E-state index contributed by atoms with van der Waals surface area (Å²) in [6, 6.07) is 5.97. The number of benzene rings is 1. The van der Waals surface area contributed by atoms with Gasteiger partial charge in [0.1, 0.15) is 0 Å². The van der Waals surface area contributed by atoms with Crippen LogP contribution in [0.5, 0.6) is 0 Å². The summed E-state index contributed by atoms with van der Waals surface area (Å²) in [5.74, 6) is -0.728. The first-order chi connectivity index (χ1) is 9.56. The lowest BCUT2D eigenvalue weighted by atomic mass is 10.2. The molecule has 0 saturated heterocycles. The number of non-ortho nitro benzene ring substituents is 1. The first-order valence-electron chi connectivity index (χ1n) is 5.54. The number of hydrogen-bond donors (Lipinski definition) is 1. The molecular weight excluding hydrogens is 262 g/mol. The van der Waals surface area contributed by atoms with Crippen LogP contribution >= 0.6 is 0 Å². The second-order valence-electron chi connectivity index (χ2n) is 3.82. The van der Waals surface area contributed by atoms with Crippen LogP contribution in [-0.2, 0) is 4.79 Å². The van der Waals surface area contributed by atoms with Gasteiger partial charge in [-0.15, -0.1) is 0 Å². The fourth-order valence-electron chi connectivity index (χ4n) is 1.50. The Morgan fingerprint density at radius 1 is 1.30 bits per heavy atom. The van der Waals surface area contributed by atoms with E-state index in [1.54, 1.807) is 12.1 Å². The minimum Gasteiger partial charge on any atom is -0.478 e. The number of rotatable bonds is 4. The predicted molar refractivity (Wildman–Crippen MR) is 70.8 cm³/mol. The summed E-state index contributed by atoms with van der Waals surface area (Å²) in [5, 5.41) is 19.2. The molecule has 0 radical (unpaired) electrons. The fraction of sp³-hybridized carbons (Fsp3) is 0. The van der Waals surface area contributed by atoms with Gasteiger partial charge in [-0.25, -0.2) is 14.8 Å². The zero-order chi connectivity index (χ0) is 14.5. The molecule has 0 atom stereocenters. The molecule has 7 heteroatoms.